The van der Waals surface area contributed by atoms with Crippen molar-refractivity contribution in [1.82, 2.24) is 0 Å². The second-order valence-electron chi connectivity index (χ2n) is 8.84. The third kappa shape index (κ3) is 12.7. The van der Waals surface area contributed by atoms with Gasteiger partial charge >= 0.3 is 7.60 Å². The lowest BCUT2D eigenvalue weighted by Crippen LogP contribution is -2.27. The van der Waals surface area contributed by atoms with E-state index < -0.39 is 7.60 Å². The molecule has 3 nitrogen and oxygen atoms in total. The first-order valence-corrected chi connectivity index (χ1v) is 14.1. The molecule has 28 heavy (non-hydrogen) atoms. The Morgan fingerprint density at radius 3 is 1.71 bits per heavy atom. The van der Waals surface area contributed by atoms with Crippen molar-refractivity contribution < 1.29 is 14.0 Å². The molecule has 5 unspecified atom stereocenters. The highest BCUT2D eigenvalue weighted by Gasteiger charge is 2.32. The van der Waals surface area contributed by atoms with Crippen LogP contribution in [0.3, 0.4) is 0 Å². The van der Waals surface area contributed by atoms with E-state index in [-0.39, 0.29) is 6.10 Å². The van der Waals surface area contributed by atoms with E-state index in [1.54, 1.807) is 0 Å². The van der Waals surface area contributed by atoms with Crippen molar-refractivity contribution in [3.05, 3.63) is 0 Å². The average Bonchev–Trinajstić information content (AvgIpc) is 2.68. The molecule has 0 radical (unpaired) electrons. The predicted octanol–water partition coefficient (Wildman–Crippen LogP) is 8.60. The highest BCUT2D eigenvalue weighted by Crippen LogP contribution is 2.49. The molecular formula is C24H51O3P. The summed E-state index contributed by atoms with van der Waals surface area (Å²) in [4.78, 5) is 10.8. The predicted molar refractivity (Wildman–Crippen MR) is 124 cm³/mol. The smallest absolute Gasteiger partial charge is 0.324 e. The van der Waals surface area contributed by atoms with Gasteiger partial charge < -0.3 is 9.42 Å². The molecule has 0 aliphatic rings. The lowest BCUT2D eigenvalue weighted by molar-refractivity contribution is 0.0798. The van der Waals surface area contributed by atoms with E-state index in [0.717, 1.165) is 51.4 Å². The fourth-order valence-corrected chi connectivity index (χ4v) is 6.11. The molecule has 0 bridgehead atoms. The highest BCUT2D eigenvalue weighted by atomic mass is 31.2. The van der Waals surface area contributed by atoms with Crippen LogP contribution in [0.1, 0.15) is 125 Å². The van der Waals surface area contributed by atoms with E-state index in [1.807, 2.05) is 0 Å². The monoisotopic (exact) mass is 418 g/mol. The van der Waals surface area contributed by atoms with Crippen molar-refractivity contribution in [3.63, 3.8) is 0 Å². The molecule has 170 valence electrons. The summed E-state index contributed by atoms with van der Waals surface area (Å²) in [6.07, 6.45) is 14.7. The standard InChI is InChI=1S/C24H51O3P/c1-7-13-16-21(10-4)19-24(23(12-6)18-15-9-3)27-28(25,26)20-22(11-5)17-14-8-2/h21-24H,7-20H2,1-6H3,(H,25,26). The molecule has 0 amide bonds. The topological polar surface area (TPSA) is 46.5 Å². The van der Waals surface area contributed by atoms with Gasteiger partial charge in [0.15, 0.2) is 0 Å². The van der Waals surface area contributed by atoms with Gasteiger partial charge in [0.2, 0.25) is 0 Å². The summed E-state index contributed by atoms with van der Waals surface area (Å²) in [7, 11) is -3.55. The molecule has 0 aliphatic heterocycles. The zero-order valence-corrected chi connectivity index (χ0v) is 20.8. The Morgan fingerprint density at radius 2 is 1.25 bits per heavy atom. The van der Waals surface area contributed by atoms with E-state index in [4.69, 9.17) is 4.52 Å². The van der Waals surface area contributed by atoms with Gasteiger partial charge in [0.1, 0.15) is 0 Å². The maximum absolute atomic E-state index is 13.1. The minimum Gasteiger partial charge on any atom is -0.324 e. The first-order chi connectivity index (χ1) is 13.4. The van der Waals surface area contributed by atoms with E-state index in [0.29, 0.717) is 23.9 Å². The fraction of sp³-hybridized carbons (Fsp3) is 1.00. The summed E-state index contributed by atoms with van der Waals surface area (Å²) in [5.74, 6) is 1.30. The van der Waals surface area contributed by atoms with Crippen molar-refractivity contribution in [2.75, 3.05) is 6.16 Å². The first kappa shape index (κ1) is 28.1. The molecule has 0 saturated heterocycles. The Kier molecular flexibility index (Phi) is 17.0. The van der Waals surface area contributed by atoms with Crippen molar-refractivity contribution in [3.8, 4) is 0 Å². The molecule has 0 spiro atoms. The molecule has 0 fully saturated rings. The molecule has 1 N–H and O–H groups in total. The zero-order chi connectivity index (χ0) is 21.4. The first-order valence-electron chi connectivity index (χ1n) is 12.4. The van der Waals surface area contributed by atoms with Crippen LogP contribution < -0.4 is 0 Å². The van der Waals surface area contributed by atoms with E-state index >= 15 is 0 Å². The molecule has 0 rings (SSSR count). The molecule has 0 aliphatic carbocycles. The summed E-state index contributed by atoms with van der Waals surface area (Å²) in [5, 5.41) is 0. The molecule has 0 aromatic heterocycles. The van der Waals surface area contributed by atoms with Crippen molar-refractivity contribution in [2.24, 2.45) is 17.8 Å². The van der Waals surface area contributed by atoms with Gasteiger partial charge in [-0.3, -0.25) is 4.57 Å². The van der Waals surface area contributed by atoms with Crippen LogP contribution in [0.4, 0.5) is 0 Å². The summed E-state index contributed by atoms with van der Waals surface area (Å²) < 4.78 is 19.2. The van der Waals surface area contributed by atoms with Gasteiger partial charge in [0, 0.05) is 0 Å². The number of hydrogen-bond acceptors (Lipinski definition) is 2. The fourth-order valence-electron chi connectivity index (χ4n) is 4.25. The van der Waals surface area contributed by atoms with Crippen LogP contribution in [0.5, 0.6) is 0 Å². The molecule has 0 heterocycles. The summed E-state index contributed by atoms with van der Waals surface area (Å²) in [6, 6.07) is 0. The van der Waals surface area contributed by atoms with E-state index in [1.165, 1.54) is 32.1 Å². The van der Waals surface area contributed by atoms with Crippen LogP contribution in [0.2, 0.25) is 0 Å². The molecule has 0 aromatic carbocycles. The van der Waals surface area contributed by atoms with Gasteiger partial charge in [-0.15, -0.1) is 0 Å². The summed E-state index contributed by atoms with van der Waals surface area (Å²) in [6.45, 7) is 13.2. The van der Waals surface area contributed by atoms with E-state index in [2.05, 4.69) is 41.5 Å². The third-order valence-electron chi connectivity index (χ3n) is 6.42. The molecule has 0 aromatic rings. The summed E-state index contributed by atoms with van der Waals surface area (Å²) >= 11 is 0. The van der Waals surface area contributed by atoms with Crippen LogP contribution in [0.15, 0.2) is 0 Å². The second kappa shape index (κ2) is 16.9. The van der Waals surface area contributed by atoms with Gasteiger partial charge in [-0.2, -0.15) is 0 Å². The highest BCUT2D eigenvalue weighted by molar-refractivity contribution is 7.52. The van der Waals surface area contributed by atoms with Crippen molar-refractivity contribution in [1.29, 1.82) is 0 Å². The number of unbranched alkanes of at least 4 members (excludes halogenated alkanes) is 3. The Labute approximate surface area is 177 Å². The third-order valence-corrected chi connectivity index (χ3v) is 8.00. The lowest BCUT2D eigenvalue weighted by Gasteiger charge is -2.32. The van der Waals surface area contributed by atoms with Gasteiger partial charge in [-0.1, -0.05) is 106 Å². The summed E-state index contributed by atoms with van der Waals surface area (Å²) in [5.41, 5.74) is 0. The Hall–Kier alpha value is 0.150. The Balaban J connectivity index is 5.20. The lowest BCUT2D eigenvalue weighted by atomic mass is 9.85. The van der Waals surface area contributed by atoms with Gasteiger partial charge in [-0.05, 0) is 37.0 Å². The van der Waals surface area contributed by atoms with E-state index in [9.17, 15) is 9.46 Å². The van der Waals surface area contributed by atoms with Crippen LogP contribution in [0, 0.1) is 17.8 Å². The van der Waals surface area contributed by atoms with Crippen molar-refractivity contribution >= 4 is 7.60 Å². The SMILES string of the molecule is CCCCC(CC)CC(OP(=O)(O)CC(CC)CCCC)C(CC)CCCC. The Bertz CT molecular complexity index is 399. The quantitative estimate of drug-likeness (QED) is 0.214. The zero-order valence-electron chi connectivity index (χ0n) is 19.9. The van der Waals surface area contributed by atoms with Crippen molar-refractivity contribution in [2.45, 2.75) is 131 Å². The molecule has 0 saturated carbocycles. The number of rotatable bonds is 19. The minimum absolute atomic E-state index is 0.0714. The minimum atomic E-state index is -3.55. The molecular weight excluding hydrogens is 367 g/mol. The molecule has 4 heteroatoms. The average molecular weight is 419 g/mol. The second-order valence-corrected chi connectivity index (χ2v) is 10.7. The number of hydrogen-bond donors (Lipinski definition) is 1. The van der Waals surface area contributed by atoms with Gasteiger partial charge in [0.25, 0.3) is 0 Å². The maximum atomic E-state index is 13.1. The van der Waals surface area contributed by atoms with Gasteiger partial charge in [0.05, 0.1) is 12.3 Å². The Morgan fingerprint density at radius 1 is 0.750 bits per heavy atom. The van der Waals surface area contributed by atoms with Crippen LogP contribution in [-0.4, -0.2) is 17.2 Å². The van der Waals surface area contributed by atoms with Crippen LogP contribution >= 0.6 is 7.60 Å². The van der Waals surface area contributed by atoms with Gasteiger partial charge in [-0.25, -0.2) is 0 Å². The largest absolute Gasteiger partial charge is 0.328 e. The maximum Gasteiger partial charge on any atom is 0.328 e. The normalized spacial score (nSPS) is 18.4. The van der Waals surface area contributed by atoms with Crippen LogP contribution in [-0.2, 0) is 9.09 Å². The van der Waals surface area contributed by atoms with Crippen LogP contribution in [0.25, 0.3) is 0 Å². The molecule has 5 atom stereocenters.